The van der Waals surface area contributed by atoms with Crippen molar-refractivity contribution in [1.29, 1.82) is 0 Å². The highest BCUT2D eigenvalue weighted by Crippen LogP contribution is 2.38. The molecule has 9 nitrogen and oxygen atoms in total. The molecule has 0 aliphatic heterocycles. The van der Waals surface area contributed by atoms with Crippen LogP contribution in [0.2, 0.25) is 0 Å². The number of aromatic nitrogens is 2. The first-order valence-electron chi connectivity index (χ1n) is 8.79. The molecule has 9 heteroatoms. The Balaban J connectivity index is 1.59. The second-order valence-electron chi connectivity index (χ2n) is 6.43. The zero-order chi connectivity index (χ0) is 20.1. The smallest absolute Gasteiger partial charge is 0.263 e. The molecule has 1 fully saturated rings. The van der Waals surface area contributed by atoms with Gasteiger partial charge in [0.15, 0.2) is 18.7 Å². The minimum absolute atomic E-state index is 0.198. The Morgan fingerprint density at radius 3 is 2.61 bits per heavy atom. The number of benzene rings is 1. The summed E-state index contributed by atoms with van der Waals surface area (Å²) in [6, 6.07) is 4.89. The van der Waals surface area contributed by atoms with Crippen LogP contribution in [0.3, 0.4) is 0 Å². The normalized spacial score (nSPS) is 18.1. The predicted molar refractivity (Wildman–Crippen MR) is 100 cm³/mol. The minimum Gasteiger partial charge on any atom is -0.496 e. The van der Waals surface area contributed by atoms with Crippen molar-refractivity contribution in [3.8, 4) is 17.2 Å². The lowest BCUT2D eigenvalue weighted by Crippen LogP contribution is -2.28. The first kappa shape index (κ1) is 19.7. The van der Waals surface area contributed by atoms with Crippen molar-refractivity contribution < 1.29 is 28.5 Å². The second-order valence-corrected chi connectivity index (χ2v) is 6.43. The summed E-state index contributed by atoms with van der Waals surface area (Å²) in [7, 11) is 4.62. The molecule has 28 heavy (non-hydrogen) atoms. The highest BCUT2D eigenvalue weighted by atomic mass is 16.5. The molecule has 2 aromatic rings. The third-order valence-electron chi connectivity index (χ3n) is 4.74. The number of rotatable bonds is 9. The van der Waals surface area contributed by atoms with Gasteiger partial charge in [0.1, 0.15) is 17.2 Å². The van der Waals surface area contributed by atoms with Crippen LogP contribution in [0, 0.1) is 0 Å². The van der Waals surface area contributed by atoms with Crippen molar-refractivity contribution in [2.24, 2.45) is 0 Å². The fourth-order valence-electron chi connectivity index (χ4n) is 3.04. The van der Waals surface area contributed by atoms with Crippen LogP contribution in [0.25, 0.3) is 0 Å². The first-order chi connectivity index (χ1) is 13.6. The number of H-pyrrole nitrogens is 1. The van der Waals surface area contributed by atoms with E-state index in [1.807, 2.05) is 0 Å². The molecule has 0 saturated heterocycles. The maximum absolute atomic E-state index is 12.2. The lowest BCUT2D eigenvalue weighted by atomic mass is 9.80. The molecule has 150 valence electrons. The average Bonchev–Trinajstić information content (AvgIpc) is 3.12. The molecule has 0 radical (unpaired) electrons. The van der Waals surface area contributed by atoms with Gasteiger partial charge in [0.2, 0.25) is 0 Å². The Labute approximate surface area is 162 Å². The highest BCUT2D eigenvalue weighted by Gasteiger charge is 2.31. The molecule has 1 amide bonds. The Morgan fingerprint density at radius 2 is 1.96 bits per heavy atom. The monoisotopic (exact) mass is 389 g/mol. The van der Waals surface area contributed by atoms with Crippen molar-refractivity contribution in [2.75, 3.05) is 33.3 Å². The number of amides is 1. The van der Waals surface area contributed by atoms with Gasteiger partial charge in [-0.25, -0.2) is 0 Å². The van der Waals surface area contributed by atoms with Crippen LogP contribution in [0.4, 0.5) is 5.82 Å². The summed E-state index contributed by atoms with van der Waals surface area (Å²) in [5, 5.41) is 9.71. The van der Waals surface area contributed by atoms with Crippen LogP contribution in [0.5, 0.6) is 17.2 Å². The number of hydrogen-bond donors (Lipinski definition) is 2. The van der Waals surface area contributed by atoms with E-state index in [-0.39, 0.29) is 24.0 Å². The summed E-state index contributed by atoms with van der Waals surface area (Å²) in [5.74, 6) is 1.33. The van der Waals surface area contributed by atoms with E-state index in [4.69, 9.17) is 18.9 Å². The molecule has 2 N–H and O–H groups in total. The summed E-state index contributed by atoms with van der Waals surface area (Å²) >= 11 is 0. The molecule has 1 saturated carbocycles. The number of carbonyl (C=O) groups is 2. The van der Waals surface area contributed by atoms with Gasteiger partial charge in [0, 0.05) is 36.9 Å². The minimum atomic E-state index is -0.403. The number of anilines is 1. The number of ether oxygens (including phenoxy) is 4. The fourth-order valence-corrected chi connectivity index (χ4v) is 3.04. The molecule has 0 unspecified atom stereocenters. The van der Waals surface area contributed by atoms with E-state index < -0.39 is 5.91 Å². The van der Waals surface area contributed by atoms with Gasteiger partial charge in [-0.2, -0.15) is 5.10 Å². The van der Waals surface area contributed by atoms with E-state index in [1.54, 1.807) is 19.2 Å². The van der Waals surface area contributed by atoms with Crippen molar-refractivity contribution in [2.45, 2.75) is 24.9 Å². The molecule has 0 spiro atoms. The van der Waals surface area contributed by atoms with Crippen molar-refractivity contribution >= 4 is 18.0 Å². The molecule has 1 aromatic heterocycles. The Morgan fingerprint density at radius 1 is 1.21 bits per heavy atom. The van der Waals surface area contributed by atoms with Crippen molar-refractivity contribution in [1.82, 2.24) is 10.2 Å². The van der Waals surface area contributed by atoms with E-state index in [0.29, 0.717) is 29.5 Å². The number of methoxy groups -OCH3 is 3. The second kappa shape index (κ2) is 8.75. The third kappa shape index (κ3) is 4.25. The molecular formula is C19H23N3O6. The maximum atomic E-state index is 12.2. The van der Waals surface area contributed by atoms with Gasteiger partial charge in [-0.3, -0.25) is 14.7 Å². The van der Waals surface area contributed by atoms with E-state index in [2.05, 4.69) is 15.5 Å². The van der Waals surface area contributed by atoms with Crippen LogP contribution >= 0.6 is 0 Å². The number of hydrogen-bond acceptors (Lipinski definition) is 7. The Bertz CT molecular complexity index is 844. The van der Waals surface area contributed by atoms with Gasteiger partial charge in [-0.15, -0.1) is 0 Å². The molecule has 0 bridgehead atoms. The molecule has 0 atom stereocenters. The van der Waals surface area contributed by atoms with Crippen LogP contribution in [-0.2, 0) is 9.53 Å². The number of aldehydes is 1. The van der Waals surface area contributed by atoms with Crippen LogP contribution in [0.15, 0.2) is 18.2 Å². The lowest BCUT2D eigenvalue weighted by molar-refractivity contribution is -0.118. The van der Waals surface area contributed by atoms with Gasteiger partial charge >= 0.3 is 0 Å². The van der Waals surface area contributed by atoms with Crippen molar-refractivity contribution in [3.05, 3.63) is 29.5 Å². The average molecular weight is 389 g/mol. The SMILES string of the molecule is COc1cc(OC)c(C=O)c(OCC(=O)Nc2cc(C3CC(OC)C3)[nH]n2)c1. The Hall–Kier alpha value is -3.07. The summed E-state index contributed by atoms with van der Waals surface area (Å²) in [6.07, 6.45) is 2.76. The lowest BCUT2D eigenvalue weighted by Gasteiger charge is -2.33. The summed E-state index contributed by atoms with van der Waals surface area (Å²) in [4.78, 5) is 23.6. The first-order valence-corrected chi connectivity index (χ1v) is 8.79. The summed E-state index contributed by atoms with van der Waals surface area (Å²) in [6.45, 7) is -0.297. The summed E-state index contributed by atoms with van der Waals surface area (Å²) < 4.78 is 21.1. The van der Waals surface area contributed by atoms with E-state index >= 15 is 0 Å². The van der Waals surface area contributed by atoms with Gasteiger partial charge in [-0.05, 0) is 12.8 Å². The van der Waals surface area contributed by atoms with Gasteiger partial charge in [0.25, 0.3) is 5.91 Å². The van der Waals surface area contributed by atoms with Crippen molar-refractivity contribution in [3.63, 3.8) is 0 Å². The van der Waals surface area contributed by atoms with Gasteiger partial charge in [-0.1, -0.05) is 0 Å². The van der Waals surface area contributed by atoms with E-state index in [9.17, 15) is 9.59 Å². The third-order valence-corrected chi connectivity index (χ3v) is 4.74. The number of carbonyl (C=O) groups excluding carboxylic acids is 2. The molecular weight excluding hydrogens is 366 g/mol. The molecule has 3 rings (SSSR count). The quantitative estimate of drug-likeness (QED) is 0.632. The molecule has 1 aromatic carbocycles. The standard InChI is InChI=1S/C19H23N3O6/c1-25-12-4-11(5-12)15-8-18(22-21-15)20-19(24)10-28-17-7-13(26-2)6-16(27-3)14(17)9-23/h6-9,11-12H,4-5,10H2,1-3H3,(H2,20,21,22,24). The van der Waals surface area contributed by atoms with Crippen LogP contribution in [0.1, 0.15) is 34.8 Å². The predicted octanol–water partition coefficient (Wildman–Crippen LogP) is 2.15. The van der Waals surface area contributed by atoms with Crippen LogP contribution in [-0.4, -0.2) is 56.4 Å². The Kier molecular flexibility index (Phi) is 6.15. The largest absolute Gasteiger partial charge is 0.496 e. The van der Waals surface area contributed by atoms with E-state index in [1.165, 1.54) is 20.3 Å². The zero-order valence-corrected chi connectivity index (χ0v) is 16.0. The maximum Gasteiger partial charge on any atom is 0.263 e. The fraction of sp³-hybridized carbons (Fsp3) is 0.421. The van der Waals surface area contributed by atoms with Crippen LogP contribution < -0.4 is 19.5 Å². The van der Waals surface area contributed by atoms with E-state index in [0.717, 1.165) is 18.5 Å². The van der Waals surface area contributed by atoms with Gasteiger partial charge in [0.05, 0.1) is 25.9 Å². The molecule has 1 heterocycles. The zero-order valence-electron chi connectivity index (χ0n) is 16.0. The highest BCUT2D eigenvalue weighted by molar-refractivity contribution is 5.91. The number of aromatic amines is 1. The summed E-state index contributed by atoms with van der Waals surface area (Å²) in [5.41, 5.74) is 1.17. The topological polar surface area (TPSA) is 112 Å². The number of nitrogens with one attached hydrogen (secondary N) is 2. The molecule has 1 aliphatic rings. The number of nitrogens with zero attached hydrogens (tertiary/aromatic N) is 1. The molecule has 1 aliphatic carbocycles. The van der Waals surface area contributed by atoms with Gasteiger partial charge < -0.3 is 24.3 Å².